The highest BCUT2D eigenvalue weighted by atomic mass is 16.8. The molecule has 9 heteroatoms. The van der Waals surface area contributed by atoms with Crippen LogP contribution < -0.4 is 5.32 Å². The first-order valence-electron chi connectivity index (χ1n) is 11.2. The standard InChI is InChI=1S/C25H29NO8/c1-15(23(28)29)32-22-20(26-16(2)27)25(30-13-17-9-5-3-6-10-17)33-19-14-31-24(34-21(19)22)18-11-7-4-8-12-18/h3-12,15,19-22,24-25H,13-14H2,1-2H3,(H,26,27)(H,28,29)/t15?,19-,20-,21+,22-,24?,25+/m1/s1. The van der Waals surface area contributed by atoms with Crippen LogP contribution in [-0.2, 0) is 39.9 Å². The summed E-state index contributed by atoms with van der Waals surface area (Å²) in [5, 5.41) is 12.3. The molecule has 182 valence electrons. The monoisotopic (exact) mass is 471 g/mol. The molecule has 0 radical (unpaired) electrons. The Kier molecular flexibility index (Phi) is 7.91. The van der Waals surface area contributed by atoms with E-state index >= 15 is 0 Å². The molecule has 2 unspecified atom stereocenters. The minimum atomic E-state index is -1.14. The fourth-order valence-electron chi connectivity index (χ4n) is 4.09. The maximum atomic E-state index is 12.1. The average Bonchev–Trinajstić information content (AvgIpc) is 2.84. The van der Waals surface area contributed by atoms with Crippen molar-refractivity contribution in [1.82, 2.24) is 5.32 Å². The predicted molar refractivity (Wildman–Crippen MR) is 119 cm³/mol. The second kappa shape index (κ2) is 11.1. The third-order valence-electron chi connectivity index (χ3n) is 5.75. The normalized spacial score (nSPS) is 29.6. The van der Waals surface area contributed by atoms with Crippen molar-refractivity contribution in [3.63, 3.8) is 0 Å². The summed E-state index contributed by atoms with van der Waals surface area (Å²) in [5.41, 5.74) is 1.73. The van der Waals surface area contributed by atoms with Crippen molar-refractivity contribution >= 4 is 11.9 Å². The molecule has 4 rings (SSSR count). The molecule has 0 aromatic heterocycles. The molecule has 7 atom stereocenters. The topological polar surface area (TPSA) is 113 Å². The minimum absolute atomic E-state index is 0.184. The van der Waals surface area contributed by atoms with Gasteiger partial charge in [0, 0.05) is 12.5 Å². The molecule has 0 aliphatic carbocycles. The number of aliphatic carboxylic acids is 1. The molecule has 34 heavy (non-hydrogen) atoms. The summed E-state index contributed by atoms with van der Waals surface area (Å²) in [6, 6.07) is 18.1. The molecule has 1 amide bonds. The number of ether oxygens (including phenoxy) is 5. The zero-order valence-electron chi connectivity index (χ0n) is 19.0. The lowest BCUT2D eigenvalue weighted by Gasteiger charge is -2.49. The van der Waals surface area contributed by atoms with Crippen LogP contribution in [0.2, 0.25) is 0 Å². The number of hydrogen-bond acceptors (Lipinski definition) is 7. The second-order valence-corrected chi connectivity index (χ2v) is 8.32. The summed E-state index contributed by atoms with van der Waals surface area (Å²) in [6.45, 7) is 3.22. The predicted octanol–water partition coefficient (Wildman–Crippen LogP) is 2.41. The fraction of sp³-hybridized carbons (Fsp3) is 0.440. The van der Waals surface area contributed by atoms with Crippen LogP contribution in [0.3, 0.4) is 0 Å². The van der Waals surface area contributed by atoms with Gasteiger partial charge in [0.25, 0.3) is 0 Å². The molecule has 0 saturated carbocycles. The Morgan fingerprint density at radius 2 is 1.76 bits per heavy atom. The first-order valence-corrected chi connectivity index (χ1v) is 11.2. The molecule has 2 aliphatic heterocycles. The lowest BCUT2D eigenvalue weighted by Crippen LogP contribution is -2.67. The van der Waals surface area contributed by atoms with Crippen LogP contribution >= 0.6 is 0 Å². The smallest absolute Gasteiger partial charge is 0.332 e. The molecule has 9 nitrogen and oxygen atoms in total. The van der Waals surface area contributed by atoms with Gasteiger partial charge in [-0.25, -0.2) is 4.79 Å². The van der Waals surface area contributed by atoms with E-state index in [4.69, 9.17) is 23.7 Å². The van der Waals surface area contributed by atoms with Crippen molar-refractivity contribution in [2.24, 2.45) is 0 Å². The fourth-order valence-corrected chi connectivity index (χ4v) is 4.09. The molecule has 2 heterocycles. The third-order valence-corrected chi connectivity index (χ3v) is 5.75. The summed E-state index contributed by atoms with van der Waals surface area (Å²) in [7, 11) is 0. The summed E-state index contributed by atoms with van der Waals surface area (Å²) >= 11 is 0. The number of carboxylic acids is 1. The lowest BCUT2D eigenvalue weighted by atomic mass is 9.95. The molecule has 2 fully saturated rings. The van der Waals surface area contributed by atoms with Crippen LogP contribution in [0.1, 0.15) is 31.3 Å². The maximum absolute atomic E-state index is 12.1. The Balaban J connectivity index is 1.59. The molecule has 2 N–H and O–H groups in total. The highest BCUT2D eigenvalue weighted by Gasteiger charge is 2.52. The molecule has 0 bridgehead atoms. The van der Waals surface area contributed by atoms with Gasteiger partial charge in [-0.3, -0.25) is 4.79 Å². The number of fused-ring (bicyclic) bond motifs is 1. The van der Waals surface area contributed by atoms with Gasteiger partial charge in [-0.1, -0.05) is 60.7 Å². The number of carbonyl (C=O) groups excluding carboxylic acids is 1. The lowest BCUT2D eigenvalue weighted by molar-refractivity contribution is -0.351. The minimum Gasteiger partial charge on any atom is -0.479 e. The number of amides is 1. The summed E-state index contributed by atoms with van der Waals surface area (Å²) in [4.78, 5) is 23.7. The molecule has 2 aromatic carbocycles. The van der Waals surface area contributed by atoms with E-state index in [1.807, 2.05) is 60.7 Å². The number of nitrogens with one attached hydrogen (secondary N) is 1. The van der Waals surface area contributed by atoms with Gasteiger partial charge in [0.1, 0.15) is 24.4 Å². The van der Waals surface area contributed by atoms with Crippen molar-refractivity contribution in [3.8, 4) is 0 Å². The van der Waals surface area contributed by atoms with Crippen molar-refractivity contribution in [2.45, 2.75) is 63.5 Å². The zero-order valence-corrected chi connectivity index (χ0v) is 19.0. The molecule has 2 saturated heterocycles. The van der Waals surface area contributed by atoms with Gasteiger partial charge < -0.3 is 34.1 Å². The van der Waals surface area contributed by atoms with Crippen molar-refractivity contribution < 1.29 is 38.4 Å². The van der Waals surface area contributed by atoms with Gasteiger partial charge in [-0.15, -0.1) is 0 Å². The van der Waals surface area contributed by atoms with E-state index in [2.05, 4.69) is 5.32 Å². The van der Waals surface area contributed by atoms with E-state index in [-0.39, 0.29) is 19.1 Å². The van der Waals surface area contributed by atoms with Gasteiger partial charge >= 0.3 is 5.97 Å². The van der Waals surface area contributed by atoms with Crippen LogP contribution in [0, 0.1) is 0 Å². The average molecular weight is 472 g/mol. The van der Waals surface area contributed by atoms with Gasteiger partial charge in [0.15, 0.2) is 18.7 Å². The van der Waals surface area contributed by atoms with Crippen molar-refractivity contribution in [2.75, 3.05) is 6.61 Å². The first-order chi connectivity index (χ1) is 16.4. The van der Waals surface area contributed by atoms with Crippen LogP contribution in [-0.4, -0.2) is 60.3 Å². The molecule has 2 aliphatic rings. The quantitative estimate of drug-likeness (QED) is 0.604. The Hall–Kier alpha value is -2.82. The van der Waals surface area contributed by atoms with E-state index in [1.165, 1.54) is 13.8 Å². The molecular formula is C25H29NO8. The van der Waals surface area contributed by atoms with E-state index in [9.17, 15) is 14.7 Å². The zero-order chi connectivity index (χ0) is 24.1. The molecule has 0 spiro atoms. The SMILES string of the molecule is CC(=O)N[C@H]1[C@@H](OCc2ccccc2)O[C@@H]2COC(c3ccccc3)O[C@@H]2[C@@H]1OC(C)C(=O)O. The summed E-state index contributed by atoms with van der Waals surface area (Å²) in [6.07, 6.45) is -4.87. The Labute approximate surface area is 197 Å². The maximum Gasteiger partial charge on any atom is 0.332 e. The van der Waals surface area contributed by atoms with E-state index in [0.29, 0.717) is 0 Å². The van der Waals surface area contributed by atoms with Crippen molar-refractivity contribution in [1.29, 1.82) is 0 Å². The highest BCUT2D eigenvalue weighted by molar-refractivity contribution is 5.73. The van der Waals surface area contributed by atoms with Gasteiger partial charge in [-0.05, 0) is 12.5 Å². The second-order valence-electron chi connectivity index (χ2n) is 8.32. The first kappa shape index (κ1) is 24.3. The highest BCUT2D eigenvalue weighted by Crippen LogP contribution is 2.36. The third kappa shape index (κ3) is 5.81. The molecular weight excluding hydrogens is 442 g/mol. The Morgan fingerprint density at radius 3 is 2.41 bits per heavy atom. The van der Waals surface area contributed by atoms with Gasteiger partial charge in [0.2, 0.25) is 5.91 Å². The Bertz CT molecular complexity index is 956. The van der Waals surface area contributed by atoms with Crippen LogP contribution in [0.5, 0.6) is 0 Å². The van der Waals surface area contributed by atoms with Crippen molar-refractivity contribution in [3.05, 3.63) is 71.8 Å². The van der Waals surface area contributed by atoms with Crippen LogP contribution in [0.25, 0.3) is 0 Å². The van der Waals surface area contributed by atoms with Crippen LogP contribution in [0.15, 0.2) is 60.7 Å². The van der Waals surface area contributed by atoms with Gasteiger partial charge in [-0.2, -0.15) is 0 Å². The number of carbonyl (C=O) groups is 2. The summed E-state index contributed by atoms with van der Waals surface area (Å²) in [5.74, 6) is -1.46. The summed E-state index contributed by atoms with van der Waals surface area (Å²) < 4.78 is 30.3. The Morgan fingerprint density at radius 1 is 1.09 bits per heavy atom. The van der Waals surface area contributed by atoms with E-state index < -0.39 is 49.0 Å². The van der Waals surface area contributed by atoms with Gasteiger partial charge in [0.05, 0.1) is 13.2 Å². The van der Waals surface area contributed by atoms with Crippen LogP contribution in [0.4, 0.5) is 0 Å². The largest absolute Gasteiger partial charge is 0.479 e. The molecule has 2 aromatic rings. The van der Waals surface area contributed by atoms with E-state index in [1.54, 1.807) is 0 Å². The number of benzene rings is 2. The number of rotatable bonds is 8. The number of hydrogen-bond donors (Lipinski definition) is 2. The number of carboxylic acid groups (broad SMARTS) is 1. The van der Waals surface area contributed by atoms with E-state index in [0.717, 1.165) is 11.1 Å².